The Morgan fingerprint density at radius 3 is 1.25 bits per heavy atom. The van der Waals surface area contributed by atoms with Crippen LogP contribution in [-0.2, 0) is 4.79 Å². The van der Waals surface area contributed by atoms with E-state index in [1.165, 1.54) is 0 Å². The Bertz CT molecular complexity index is 6.00. The van der Waals surface area contributed by atoms with Crippen LogP contribution < -0.4 is 0 Å². The van der Waals surface area contributed by atoms with Crippen LogP contribution in [0.15, 0.2) is 0 Å². The summed E-state index contributed by atoms with van der Waals surface area (Å²) in [6.07, 6.45) is 0. The van der Waals surface area contributed by atoms with Gasteiger partial charge in [-0.1, -0.05) is 0 Å². The van der Waals surface area contributed by atoms with Gasteiger partial charge in [0.05, 0.1) is 0 Å². The molecule has 0 atom stereocenters. The van der Waals surface area contributed by atoms with Crippen LogP contribution in [0.3, 0.4) is 0 Å². The molecule has 0 fully saturated rings. The molecule has 0 amide bonds. The van der Waals surface area contributed by atoms with E-state index in [1.807, 2.05) is 6.79 Å². The van der Waals surface area contributed by atoms with Crippen LogP contribution in [0.5, 0.6) is 0 Å². The van der Waals surface area contributed by atoms with E-state index in [1.54, 1.807) is 0 Å². The quantitative estimate of drug-likeness (QED) is 0.387. The molecule has 0 aliphatic heterocycles. The molecule has 0 aromatic rings. The first-order valence-corrected chi connectivity index (χ1v) is 0.289. The lowest BCUT2D eigenvalue weighted by Gasteiger charge is -0.837. The second-order valence-corrected chi connectivity index (χ2v) is 0. The zero-order chi connectivity index (χ0) is 2.00. The van der Waals surface area contributed by atoms with E-state index in [9.17, 15) is 0 Å². The van der Waals surface area contributed by atoms with E-state index in [4.69, 9.17) is 4.79 Å². The second-order valence-electron chi connectivity index (χ2n) is 0. The highest BCUT2D eigenvalue weighted by molar-refractivity contribution is 5.85. The molecule has 2 N–H and O–H groups in total. The highest BCUT2D eigenvalue weighted by Crippen LogP contribution is 0.690. The summed E-state index contributed by atoms with van der Waals surface area (Å²) in [6, 6.07) is 0. The molecular formula is CH5ClO2. The number of carbonyl (C=O) groups excluding carboxylic acids is 1. The molecular weight excluding hydrogens is 79.5 g/mol. The first-order chi connectivity index (χ1) is 1.00. The largest absolute Gasteiger partial charge is 0.412 e. The standard InChI is InChI=1S/CH2O.ClH.H2O/c1-2;;/h1H2;1H;1H2. The van der Waals surface area contributed by atoms with Crippen molar-refractivity contribution in [3.8, 4) is 0 Å². The average molecular weight is 84.5 g/mol. The van der Waals surface area contributed by atoms with Crippen LogP contribution in [-0.4, -0.2) is 12.3 Å². The van der Waals surface area contributed by atoms with Crippen LogP contribution in [0.2, 0.25) is 0 Å². The fraction of sp³-hybridized carbons (Fsp3) is 0. The summed E-state index contributed by atoms with van der Waals surface area (Å²) in [4.78, 5) is 8.00. The van der Waals surface area contributed by atoms with Gasteiger partial charge < -0.3 is 10.3 Å². The first kappa shape index (κ1) is 39.5. The fourth-order valence-corrected chi connectivity index (χ4v) is 0. The van der Waals surface area contributed by atoms with Gasteiger partial charge in [0.25, 0.3) is 0 Å². The van der Waals surface area contributed by atoms with Gasteiger partial charge in [-0.15, -0.1) is 12.4 Å². The molecule has 0 saturated carbocycles. The van der Waals surface area contributed by atoms with Crippen molar-refractivity contribution in [3.63, 3.8) is 0 Å². The summed E-state index contributed by atoms with van der Waals surface area (Å²) in [5.41, 5.74) is 0. The predicted molar refractivity (Wildman–Crippen MR) is 18.0 cm³/mol. The summed E-state index contributed by atoms with van der Waals surface area (Å²) in [5.74, 6) is 0. The van der Waals surface area contributed by atoms with Gasteiger partial charge in [-0.3, -0.25) is 0 Å². The highest BCUT2D eigenvalue weighted by atomic mass is 35.5. The lowest BCUT2D eigenvalue weighted by Crippen LogP contribution is -0.925. The van der Waals surface area contributed by atoms with Crippen LogP contribution in [0, 0.1) is 0 Å². The summed E-state index contributed by atoms with van der Waals surface area (Å²) in [6.45, 7) is 2.00. The van der Waals surface area contributed by atoms with Crippen molar-refractivity contribution in [3.05, 3.63) is 0 Å². The fourth-order valence-electron chi connectivity index (χ4n) is 0. The van der Waals surface area contributed by atoms with Crippen LogP contribution >= 0.6 is 12.4 Å². The Morgan fingerprint density at radius 1 is 1.25 bits per heavy atom. The van der Waals surface area contributed by atoms with Gasteiger partial charge >= 0.3 is 0 Å². The van der Waals surface area contributed by atoms with Crippen LogP contribution in [0.4, 0.5) is 0 Å². The van der Waals surface area contributed by atoms with Gasteiger partial charge in [-0.05, 0) is 0 Å². The van der Waals surface area contributed by atoms with Crippen molar-refractivity contribution >= 4 is 19.2 Å². The minimum absolute atomic E-state index is 0. The third-order valence-electron chi connectivity index (χ3n) is 0. The Morgan fingerprint density at radius 2 is 1.25 bits per heavy atom. The smallest absolute Gasteiger partial charge is 0.106 e. The molecule has 0 saturated heterocycles. The van der Waals surface area contributed by atoms with E-state index >= 15 is 0 Å². The van der Waals surface area contributed by atoms with Crippen LogP contribution in [0.25, 0.3) is 0 Å². The maximum absolute atomic E-state index is 8.00. The van der Waals surface area contributed by atoms with Crippen molar-refractivity contribution in [1.82, 2.24) is 0 Å². The topological polar surface area (TPSA) is 48.6 Å². The van der Waals surface area contributed by atoms with Gasteiger partial charge in [-0.2, -0.15) is 0 Å². The molecule has 28 valence electrons. The monoisotopic (exact) mass is 84.0 g/mol. The molecule has 3 heteroatoms. The van der Waals surface area contributed by atoms with Gasteiger partial charge in [0, 0.05) is 0 Å². The lowest BCUT2D eigenvalue weighted by molar-refractivity contribution is -0.0979. The normalized spacial score (nSPS) is 1.00. The van der Waals surface area contributed by atoms with Gasteiger partial charge in [-0.25, -0.2) is 0 Å². The molecule has 0 bridgehead atoms. The van der Waals surface area contributed by atoms with E-state index in [0.29, 0.717) is 0 Å². The Hall–Kier alpha value is -0.0800. The third-order valence-corrected chi connectivity index (χ3v) is 0. The summed E-state index contributed by atoms with van der Waals surface area (Å²) < 4.78 is 0. The van der Waals surface area contributed by atoms with Gasteiger partial charge in [0.1, 0.15) is 6.79 Å². The van der Waals surface area contributed by atoms with Crippen molar-refractivity contribution in [2.45, 2.75) is 0 Å². The molecule has 0 heterocycles. The maximum atomic E-state index is 8.00. The van der Waals surface area contributed by atoms with Crippen molar-refractivity contribution in [2.75, 3.05) is 0 Å². The Labute approximate surface area is 30.5 Å². The van der Waals surface area contributed by atoms with E-state index in [2.05, 4.69) is 0 Å². The zero-order valence-corrected chi connectivity index (χ0v) is 2.84. The first-order valence-electron chi connectivity index (χ1n) is 0.289. The van der Waals surface area contributed by atoms with E-state index < -0.39 is 0 Å². The predicted octanol–water partition coefficient (Wildman–Crippen LogP) is -0.588. The second kappa shape index (κ2) is 1680. The van der Waals surface area contributed by atoms with Crippen LogP contribution in [0.1, 0.15) is 0 Å². The number of rotatable bonds is 0. The zero-order valence-electron chi connectivity index (χ0n) is 2.02. The molecule has 0 aliphatic carbocycles. The molecule has 2 nitrogen and oxygen atoms in total. The SMILES string of the molecule is C=O.Cl.O. The molecule has 0 aliphatic rings. The van der Waals surface area contributed by atoms with Gasteiger partial charge in [0.2, 0.25) is 0 Å². The highest BCUT2D eigenvalue weighted by Gasteiger charge is 0.636. The summed E-state index contributed by atoms with van der Waals surface area (Å²) in [5, 5.41) is 0. The van der Waals surface area contributed by atoms with E-state index in [0.717, 1.165) is 0 Å². The molecule has 0 unspecified atom stereocenters. The Kier molecular flexibility index (Phi) is 16600. The molecule has 0 aromatic carbocycles. The van der Waals surface area contributed by atoms with Crippen molar-refractivity contribution < 1.29 is 10.3 Å². The number of hydrogen-bond acceptors (Lipinski definition) is 1. The minimum atomic E-state index is 0. The number of carbonyl (C=O) groups is 1. The van der Waals surface area contributed by atoms with Crippen molar-refractivity contribution in [1.29, 1.82) is 0 Å². The third kappa shape index (κ3) is 254. The lowest BCUT2D eigenvalue weighted by atomic mass is 11.9. The molecule has 0 aromatic heterocycles. The summed E-state index contributed by atoms with van der Waals surface area (Å²) in [7, 11) is 0. The van der Waals surface area contributed by atoms with Gasteiger partial charge in [0.15, 0.2) is 0 Å². The molecule has 0 rings (SSSR count). The maximum Gasteiger partial charge on any atom is 0.106 e. The Balaban J connectivity index is -0.00000000500. The number of halogens is 1. The van der Waals surface area contributed by atoms with Crippen molar-refractivity contribution in [2.24, 2.45) is 0 Å². The number of hydrogen-bond donors (Lipinski definition) is 0. The average Bonchev–Trinajstić information content (AvgIpc) is 1.00. The molecule has 4 heavy (non-hydrogen) atoms. The summed E-state index contributed by atoms with van der Waals surface area (Å²) >= 11 is 0. The molecule has 0 radical (unpaired) electrons. The molecule has 0 spiro atoms. The minimum Gasteiger partial charge on any atom is -0.412 e. The van der Waals surface area contributed by atoms with E-state index in [-0.39, 0.29) is 17.9 Å².